The van der Waals surface area contributed by atoms with Gasteiger partial charge in [0.05, 0.1) is 13.7 Å². The van der Waals surface area contributed by atoms with Gasteiger partial charge in [0.2, 0.25) is 5.88 Å². The molecule has 0 unspecified atom stereocenters. The Labute approximate surface area is 147 Å². The van der Waals surface area contributed by atoms with Crippen LogP contribution in [0.25, 0.3) is 0 Å². The lowest BCUT2D eigenvalue weighted by Crippen LogP contribution is -2.23. The smallest absolute Gasteiger partial charge is 0.251 e. The van der Waals surface area contributed by atoms with Crippen LogP contribution in [0.3, 0.4) is 0 Å². The molecule has 0 fully saturated rings. The number of nitrogens with zero attached hydrogens (tertiary/aromatic N) is 1. The maximum absolute atomic E-state index is 12.4. The zero-order valence-electron chi connectivity index (χ0n) is 14.5. The molecule has 0 aliphatic heterocycles. The van der Waals surface area contributed by atoms with Gasteiger partial charge in [-0.15, -0.1) is 0 Å². The number of ether oxygens (including phenoxy) is 3. The summed E-state index contributed by atoms with van der Waals surface area (Å²) in [4.78, 5) is 16.6. The highest BCUT2D eigenvalue weighted by atomic mass is 16.5. The van der Waals surface area contributed by atoms with Gasteiger partial charge in [0.1, 0.15) is 6.61 Å². The number of benzene rings is 1. The lowest BCUT2D eigenvalue weighted by Gasteiger charge is -2.12. The van der Waals surface area contributed by atoms with E-state index in [4.69, 9.17) is 14.2 Å². The molecule has 1 amide bonds. The molecular weight excluding hydrogens is 320 g/mol. The second kappa shape index (κ2) is 9.32. The highest BCUT2D eigenvalue weighted by molar-refractivity contribution is 5.94. The average Bonchev–Trinajstić information content (AvgIpc) is 2.65. The standard InChI is InChI=1S/C19H22N2O4/c1-4-11-25-16-9-8-14(12-17(16)23-3)18(22)21-13-15-7-6-10-20-19(15)24-5-2/h4,6-10,12H,1,5,11,13H2,2-3H3,(H,21,22). The molecule has 0 aliphatic rings. The largest absolute Gasteiger partial charge is 0.493 e. The van der Waals surface area contributed by atoms with Crippen molar-refractivity contribution in [1.29, 1.82) is 0 Å². The van der Waals surface area contributed by atoms with Crippen molar-refractivity contribution in [2.75, 3.05) is 20.3 Å². The lowest BCUT2D eigenvalue weighted by molar-refractivity contribution is 0.0950. The fourth-order valence-corrected chi connectivity index (χ4v) is 2.18. The third-order valence-corrected chi connectivity index (χ3v) is 3.35. The molecule has 25 heavy (non-hydrogen) atoms. The van der Waals surface area contributed by atoms with Gasteiger partial charge in [-0.3, -0.25) is 4.79 Å². The summed E-state index contributed by atoms with van der Waals surface area (Å²) in [5, 5.41) is 2.86. The first-order valence-corrected chi connectivity index (χ1v) is 7.96. The van der Waals surface area contributed by atoms with Crippen molar-refractivity contribution in [3.05, 3.63) is 60.3 Å². The molecule has 1 N–H and O–H groups in total. The summed E-state index contributed by atoms with van der Waals surface area (Å²) in [5.74, 6) is 1.35. The number of pyridine rings is 1. The maximum Gasteiger partial charge on any atom is 0.251 e. The number of amides is 1. The number of hydrogen-bond acceptors (Lipinski definition) is 5. The Morgan fingerprint density at radius 1 is 1.28 bits per heavy atom. The van der Waals surface area contributed by atoms with Gasteiger partial charge < -0.3 is 19.5 Å². The van der Waals surface area contributed by atoms with E-state index in [9.17, 15) is 4.79 Å². The minimum absolute atomic E-state index is 0.222. The van der Waals surface area contributed by atoms with Gasteiger partial charge in [-0.1, -0.05) is 18.7 Å². The first kappa shape index (κ1) is 18.3. The van der Waals surface area contributed by atoms with Gasteiger partial charge in [0.15, 0.2) is 11.5 Å². The second-order valence-corrected chi connectivity index (χ2v) is 5.05. The monoisotopic (exact) mass is 342 g/mol. The van der Waals surface area contributed by atoms with Crippen molar-refractivity contribution in [3.8, 4) is 17.4 Å². The van der Waals surface area contributed by atoms with Crippen LogP contribution < -0.4 is 19.5 Å². The summed E-state index contributed by atoms with van der Waals surface area (Å²) in [7, 11) is 1.53. The van der Waals surface area contributed by atoms with Crippen LogP contribution in [0.4, 0.5) is 0 Å². The first-order chi connectivity index (χ1) is 12.2. The van der Waals surface area contributed by atoms with Crippen LogP contribution >= 0.6 is 0 Å². The molecule has 1 heterocycles. The lowest BCUT2D eigenvalue weighted by atomic mass is 10.1. The second-order valence-electron chi connectivity index (χ2n) is 5.05. The van der Waals surface area contributed by atoms with Crippen molar-refractivity contribution in [1.82, 2.24) is 10.3 Å². The normalized spacial score (nSPS) is 10.0. The highest BCUT2D eigenvalue weighted by Gasteiger charge is 2.12. The predicted octanol–water partition coefficient (Wildman–Crippen LogP) is 2.98. The molecular formula is C19H22N2O4. The molecule has 1 aromatic carbocycles. The molecule has 1 aromatic heterocycles. The molecule has 0 atom stereocenters. The number of hydrogen-bond donors (Lipinski definition) is 1. The van der Waals surface area contributed by atoms with E-state index in [1.165, 1.54) is 7.11 Å². The SMILES string of the molecule is C=CCOc1ccc(C(=O)NCc2cccnc2OCC)cc1OC. The molecule has 0 saturated carbocycles. The molecule has 0 aliphatic carbocycles. The summed E-state index contributed by atoms with van der Waals surface area (Å²) in [6.45, 7) is 6.69. The van der Waals surface area contributed by atoms with Gasteiger partial charge in [-0.2, -0.15) is 0 Å². The van der Waals surface area contributed by atoms with Gasteiger partial charge in [-0.05, 0) is 31.2 Å². The molecule has 2 rings (SSSR count). The summed E-state index contributed by atoms with van der Waals surface area (Å²) in [6.07, 6.45) is 3.30. The molecule has 0 saturated heterocycles. The Hall–Kier alpha value is -3.02. The molecule has 0 spiro atoms. The van der Waals surface area contributed by atoms with E-state index in [0.717, 1.165) is 5.56 Å². The molecule has 6 nitrogen and oxygen atoms in total. The molecule has 0 radical (unpaired) electrons. The number of carbonyl (C=O) groups excluding carboxylic acids is 1. The Kier molecular flexibility index (Phi) is 6.83. The van der Waals surface area contributed by atoms with Gasteiger partial charge in [-0.25, -0.2) is 4.98 Å². The number of aromatic nitrogens is 1. The molecule has 132 valence electrons. The van der Waals surface area contributed by atoms with Gasteiger partial charge in [0, 0.05) is 23.9 Å². The minimum atomic E-state index is -0.222. The Morgan fingerprint density at radius 3 is 2.84 bits per heavy atom. The van der Waals surface area contributed by atoms with E-state index in [2.05, 4.69) is 16.9 Å². The van der Waals surface area contributed by atoms with Crippen molar-refractivity contribution >= 4 is 5.91 Å². The van der Waals surface area contributed by atoms with E-state index in [1.807, 2.05) is 13.0 Å². The van der Waals surface area contributed by atoms with Crippen LogP contribution in [0.5, 0.6) is 17.4 Å². The van der Waals surface area contributed by atoms with Crippen LogP contribution in [0.1, 0.15) is 22.8 Å². The van der Waals surface area contributed by atoms with E-state index in [-0.39, 0.29) is 5.91 Å². The van der Waals surface area contributed by atoms with Crippen LogP contribution in [-0.4, -0.2) is 31.2 Å². The maximum atomic E-state index is 12.4. The van der Waals surface area contributed by atoms with Crippen molar-refractivity contribution in [3.63, 3.8) is 0 Å². The number of carbonyl (C=O) groups is 1. The fourth-order valence-electron chi connectivity index (χ4n) is 2.18. The van der Waals surface area contributed by atoms with E-state index in [0.29, 0.717) is 42.7 Å². The van der Waals surface area contributed by atoms with Crippen LogP contribution in [0.2, 0.25) is 0 Å². The first-order valence-electron chi connectivity index (χ1n) is 7.96. The summed E-state index contributed by atoms with van der Waals surface area (Å²) < 4.78 is 16.2. The third kappa shape index (κ3) is 4.97. The molecule has 6 heteroatoms. The Bertz CT molecular complexity index is 731. The third-order valence-electron chi connectivity index (χ3n) is 3.35. The molecule has 2 aromatic rings. The van der Waals surface area contributed by atoms with E-state index < -0.39 is 0 Å². The number of rotatable bonds is 9. The number of nitrogens with one attached hydrogen (secondary N) is 1. The van der Waals surface area contributed by atoms with Crippen molar-refractivity contribution < 1.29 is 19.0 Å². The zero-order chi connectivity index (χ0) is 18.1. The van der Waals surface area contributed by atoms with Crippen LogP contribution in [-0.2, 0) is 6.54 Å². The minimum Gasteiger partial charge on any atom is -0.493 e. The Balaban J connectivity index is 2.07. The van der Waals surface area contributed by atoms with E-state index >= 15 is 0 Å². The average molecular weight is 342 g/mol. The molecule has 0 bridgehead atoms. The quantitative estimate of drug-likeness (QED) is 0.710. The van der Waals surface area contributed by atoms with Crippen LogP contribution in [0, 0.1) is 0 Å². The summed E-state index contributed by atoms with van der Waals surface area (Å²) >= 11 is 0. The van der Waals surface area contributed by atoms with Gasteiger partial charge >= 0.3 is 0 Å². The predicted molar refractivity (Wildman–Crippen MR) is 95.3 cm³/mol. The zero-order valence-corrected chi connectivity index (χ0v) is 14.5. The fraction of sp³-hybridized carbons (Fsp3) is 0.263. The number of methoxy groups -OCH3 is 1. The summed E-state index contributed by atoms with van der Waals surface area (Å²) in [5.41, 5.74) is 1.29. The topological polar surface area (TPSA) is 69.7 Å². The van der Waals surface area contributed by atoms with Crippen LogP contribution in [0.15, 0.2) is 49.2 Å². The van der Waals surface area contributed by atoms with Gasteiger partial charge in [0.25, 0.3) is 5.91 Å². The van der Waals surface area contributed by atoms with E-state index in [1.54, 1.807) is 36.5 Å². The Morgan fingerprint density at radius 2 is 2.12 bits per heavy atom. The van der Waals surface area contributed by atoms with Crippen molar-refractivity contribution in [2.45, 2.75) is 13.5 Å². The highest BCUT2D eigenvalue weighted by Crippen LogP contribution is 2.28. The van der Waals surface area contributed by atoms with Crippen molar-refractivity contribution in [2.24, 2.45) is 0 Å². The summed E-state index contributed by atoms with van der Waals surface area (Å²) in [6, 6.07) is 8.69.